The van der Waals surface area contributed by atoms with Crippen molar-refractivity contribution in [3.05, 3.63) is 23.8 Å². The molecule has 1 saturated heterocycles. The molecule has 1 heterocycles. The fraction of sp³-hybridized carbons (Fsp3) is 0.385. The molecule has 0 saturated carbocycles. The molecule has 1 aromatic carbocycles. The minimum absolute atomic E-state index is 0.0135. The molecule has 17 heavy (non-hydrogen) atoms. The van der Waals surface area contributed by atoms with Crippen molar-refractivity contribution >= 4 is 11.6 Å². The monoisotopic (exact) mass is 230 g/mol. The van der Waals surface area contributed by atoms with Crippen LogP contribution >= 0.6 is 0 Å². The summed E-state index contributed by atoms with van der Waals surface area (Å²) in [6.45, 7) is 2.42. The van der Waals surface area contributed by atoms with E-state index in [2.05, 4.69) is 6.07 Å². The van der Waals surface area contributed by atoms with Gasteiger partial charge in [-0.25, -0.2) is 0 Å². The lowest BCUT2D eigenvalue weighted by Crippen LogP contribution is -2.25. The number of rotatable bonds is 2. The van der Waals surface area contributed by atoms with Crippen molar-refractivity contribution in [1.82, 2.24) is 0 Å². The van der Waals surface area contributed by atoms with E-state index < -0.39 is 0 Å². The summed E-state index contributed by atoms with van der Waals surface area (Å²) in [5.74, 6) is 0.440. The average molecular weight is 230 g/mol. The molecule has 1 amide bonds. The van der Waals surface area contributed by atoms with Crippen molar-refractivity contribution in [2.24, 2.45) is 5.92 Å². The molecule has 0 N–H and O–H groups in total. The van der Waals surface area contributed by atoms with Crippen molar-refractivity contribution in [2.75, 3.05) is 18.6 Å². The van der Waals surface area contributed by atoms with Gasteiger partial charge in [0.2, 0.25) is 5.91 Å². The molecular weight excluding hydrogens is 216 g/mol. The van der Waals surface area contributed by atoms with Crippen molar-refractivity contribution in [2.45, 2.75) is 13.3 Å². The van der Waals surface area contributed by atoms with E-state index in [0.29, 0.717) is 18.7 Å². The molecule has 4 nitrogen and oxygen atoms in total. The standard InChI is InChI=1S/C13H14N2O2/c1-9-3-4-12(17-2)11(5-9)15-8-10(7-14)6-13(15)16/h3-5,10H,6,8H2,1-2H3. The van der Waals surface area contributed by atoms with E-state index in [1.165, 1.54) is 0 Å². The van der Waals surface area contributed by atoms with Gasteiger partial charge in [0.15, 0.2) is 0 Å². The Hall–Kier alpha value is -2.02. The van der Waals surface area contributed by atoms with Gasteiger partial charge in [-0.1, -0.05) is 6.07 Å². The molecule has 4 heteroatoms. The van der Waals surface area contributed by atoms with E-state index in [4.69, 9.17) is 10.00 Å². The summed E-state index contributed by atoms with van der Waals surface area (Å²) in [6, 6.07) is 7.84. The molecule has 0 radical (unpaired) electrons. The van der Waals surface area contributed by atoms with Crippen LogP contribution < -0.4 is 9.64 Å². The van der Waals surface area contributed by atoms with E-state index in [0.717, 1.165) is 11.3 Å². The van der Waals surface area contributed by atoms with Crippen molar-refractivity contribution < 1.29 is 9.53 Å². The van der Waals surface area contributed by atoms with Crippen molar-refractivity contribution in [3.8, 4) is 11.8 Å². The van der Waals surface area contributed by atoms with Gasteiger partial charge in [-0.05, 0) is 24.6 Å². The number of anilines is 1. The normalized spacial score (nSPS) is 19.2. The van der Waals surface area contributed by atoms with E-state index in [-0.39, 0.29) is 11.8 Å². The van der Waals surface area contributed by atoms with Crippen LogP contribution in [0.3, 0.4) is 0 Å². The molecule has 0 bridgehead atoms. The third kappa shape index (κ3) is 2.09. The Labute approximate surface area is 100 Å². The minimum Gasteiger partial charge on any atom is -0.495 e. The fourth-order valence-corrected chi connectivity index (χ4v) is 2.04. The Kier molecular flexibility index (Phi) is 3.01. The van der Waals surface area contributed by atoms with Gasteiger partial charge in [-0.2, -0.15) is 5.26 Å². The number of benzene rings is 1. The van der Waals surface area contributed by atoms with Gasteiger partial charge in [-0.3, -0.25) is 4.79 Å². The Morgan fingerprint density at radius 3 is 2.88 bits per heavy atom. The zero-order valence-electron chi connectivity index (χ0n) is 9.93. The molecule has 2 rings (SSSR count). The van der Waals surface area contributed by atoms with E-state index in [9.17, 15) is 4.79 Å². The van der Waals surface area contributed by atoms with Crippen LogP contribution in [0.4, 0.5) is 5.69 Å². The summed E-state index contributed by atoms with van der Waals surface area (Å²) in [5.41, 5.74) is 1.82. The summed E-state index contributed by atoms with van der Waals surface area (Å²) in [6.07, 6.45) is 0.299. The number of nitrogens with zero attached hydrogens (tertiary/aromatic N) is 2. The molecule has 0 aromatic heterocycles. The maximum Gasteiger partial charge on any atom is 0.228 e. The first-order valence-corrected chi connectivity index (χ1v) is 5.50. The van der Waals surface area contributed by atoms with Gasteiger partial charge in [0.25, 0.3) is 0 Å². The number of nitriles is 1. The second kappa shape index (κ2) is 4.46. The molecule has 0 spiro atoms. The quantitative estimate of drug-likeness (QED) is 0.779. The SMILES string of the molecule is COc1ccc(C)cc1N1CC(C#N)CC1=O. The predicted octanol–water partition coefficient (Wildman–Crippen LogP) is 1.88. The van der Waals surface area contributed by atoms with Crippen LogP contribution in [0.1, 0.15) is 12.0 Å². The van der Waals surface area contributed by atoms with Crippen LogP contribution in [0.2, 0.25) is 0 Å². The molecule has 0 aliphatic carbocycles. The highest BCUT2D eigenvalue weighted by Crippen LogP contribution is 2.33. The number of aryl methyl sites for hydroxylation is 1. The highest BCUT2D eigenvalue weighted by atomic mass is 16.5. The predicted molar refractivity (Wildman–Crippen MR) is 63.8 cm³/mol. The first kappa shape index (κ1) is 11.5. The van der Waals surface area contributed by atoms with E-state index in [1.807, 2.05) is 25.1 Å². The van der Waals surface area contributed by atoms with Crippen LogP contribution in [0.25, 0.3) is 0 Å². The van der Waals surface area contributed by atoms with Crippen LogP contribution in [-0.2, 0) is 4.79 Å². The Morgan fingerprint density at radius 2 is 2.29 bits per heavy atom. The third-order valence-electron chi connectivity index (χ3n) is 2.93. The van der Waals surface area contributed by atoms with Gasteiger partial charge in [0.05, 0.1) is 24.8 Å². The van der Waals surface area contributed by atoms with Gasteiger partial charge < -0.3 is 9.64 Å². The number of ether oxygens (including phenoxy) is 1. The topological polar surface area (TPSA) is 53.3 Å². The summed E-state index contributed by atoms with van der Waals surface area (Å²) >= 11 is 0. The minimum atomic E-state index is -0.215. The Balaban J connectivity index is 2.37. The summed E-state index contributed by atoms with van der Waals surface area (Å²) in [4.78, 5) is 13.5. The number of hydrogen-bond donors (Lipinski definition) is 0. The molecule has 1 aliphatic rings. The van der Waals surface area contributed by atoms with Crippen LogP contribution in [0, 0.1) is 24.2 Å². The van der Waals surface area contributed by atoms with Crippen LogP contribution in [0.15, 0.2) is 18.2 Å². The zero-order valence-corrected chi connectivity index (χ0v) is 9.93. The van der Waals surface area contributed by atoms with Crippen molar-refractivity contribution in [1.29, 1.82) is 5.26 Å². The summed E-state index contributed by atoms with van der Waals surface area (Å²) < 4.78 is 5.25. The number of hydrogen-bond acceptors (Lipinski definition) is 3. The lowest BCUT2D eigenvalue weighted by Gasteiger charge is -2.19. The first-order valence-electron chi connectivity index (χ1n) is 5.50. The maximum absolute atomic E-state index is 11.8. The zero-order chi connectivity index (χ0) is 12.4. The van der Waals surface area contributed by atoms with Gasteiger partial charge >= 0.3 is 0 Å². The van der Waals surface area contributed by atoms with Crippen LogP contribution in [0.5, 0.6) is 5.75 Å². The molecule has 1 aromatic rings. The maximum atomic E-state index is 11.8. The summed E-state index contributed by atoms with van der Waals surface area (Å²) in [7, 11) is 1.58. The molecule has 1 atom stereocenters. The fourth-order valence-electron chi connectivity index (χ4n) is 2.04. The molecular formula is C13H14N2O2. The molecule has 1 fully saturated rings. The Morgan fingerprint density at radius 1 is 1.53 bits per heavy atom. The number of carbonyl (C=O) groups excluding carboxylic acids is 1. The van der Waals surface area contributed by atoms with Crippen molar-refractivity contribution in [3.63, 3.8) is 0 Å². The second-order valence-corrected chi connectivity index (χ2v) is 4.21. The first-order chi connectivity index (χ1) is 8.15. The van der Waals surface area contributed by atoms with Gasteiger partial charge in [-0.15, -0.1) is 0 Å². The molecule has 1 aliphatic heterocycles. The van der Waals surface area contributed by atoms with Gasteiger partial charge in [0.1, 0.15) is 5.75 Å². The lowest BCUT2D eigenvalue weighted by molar-refractivity contribution is -0.117. The third-order valence-corrected chi connectivity index (χ3v) is 2.93. The number of amides is 1. The van der Waals surface area contributed by atoms with Crippen LogP contribution in [-0.4, -0.2) is 19.6 Å². The number of carbonyl (C=O) groups is 1. The lowest BCUT2D eigenvalue weighted by atomic mass is 10.1. The van der Waals surface area contributed by atoms with E-state index >= 15 is 0 Å². The molecule has 88 valence electrons. The van der Waals surface area contributed by atoms with E-state index in [1.54, 1.807) is 12.0 Å². The molecule has 1 unspecified atom stereocenters. The average Bonchev–Trinajstić information content (AvgIpc) is 2.70. The highest BCUT2D eigenvalue weighted by molar-refractivity contribution is 5.97. The Bertz CT molecular complexity index is 491. The highest BCUT2D eigenvalue weighted by Gasteiger charge is 2.32. The largest absolute Gasteiger partial charge is 0.495 e. The number of methoxy groups -OCH3 is 1. The van der Waals surface area contributed by atoms with Gasteiger partial charge in [0, 0.05) is 13.0 Å². The summed E-state index contributed by atoms with van der Waals surface area (Å²) in [5, 5.41) is 8.87. The second-order valence-electron chi connectivity index (χ2n) is 4.21. The smallest absolute Gasteiger partial charge is 0.228 e.